The molecule has 0 radical (unpaired) electrons. The first-order chi connectivity index (χ1) is 10.2. The van der Waals surface area contributed by atoms with Crippen molar-refractivity contribution < 1.29 is 9.53 Å². The number of hydrogen-bond donors (Lipinski definition) is 1. The van der Waals surface area contributed by atoms with Crippen molar-refractivity contribution in [1.29, 1.82) is 0 Å². The van der Waals surface area contributed by atoms with Gasteiger partial charge in [-0.3, -0.25) is 4.79 Å². The average Bonchev–Trinajstić information content (AvgIpc) is 3.29. The van der Waals surface area contributed by atoms with Gasteiger partial charge in [-0.25, -0.2) is 0 Å². The van der Waals surface area contributed by atoms with E-state index in [1.807, 2.05) is 18.2 Å². The Bertz CT molecular complexity index is 463. The second-order valence-corrected chi connectivity index (χ2v) is 5.87. The monoisotopic (exact) mass is 287 g/mol. The summed E-state index contributed by atoms with van der Waals surface area (Å²) in [6, 6.07) is 10.2. The Kier molecular flexibility index (Phi) is 6.00. The van der Waals surface area contributed by atoms with Crippen molar-refractivity contribution in [2.75, 3.05) is 20.3 Å². The second kappa shape index (κ2) is 7.99. The molecule has 1 N–H and O–H groups in total. The molecule has 0 heterocycles. The van der Waals surface area contributed by atoms with E-state index in [2.05, 4.69) is 29.6 Å². The van der Waals surface area contributed by atoms with E-state index < -0.39 is 0 Å². The zero-order chi connectivity index (χ0) is 15.0. The summed E-state index contributed by atoms with van der Waals surface area (Å²) in [6.45, 7) is 1.59. The Morgan fingerprint density at radius 2 is 2.10 bits per heavy atom. The van der Waals surface area contributed by atoms with Crippen LogP contribution in [0.15, 0.2) is 36.4 Å². The van der Waals surface area contributed by atoms with Gasteiger partial charge < -0.3 is 10.1 Å². The first-order valence-electron chi connectivity index (χ1n) is 7.71. The SMILES string of the molecule is COCCC1(CNC(=O)CC/C=C/c2ccccc2)CC1. The fourth-order valence-corrected chi connectivity index (χ4v) is 2.38. The highest BCUT2D eigenvalue weighted by Crippen LogP contribution is 2.48. The molecule has 1 aliphatic rings. The van der Waals surface area contributed by atoms with Crippen molar-refractivity contribution in [3.05, 3.63) is 42.0 Å². The van der Waals surface area contributed by atoms with Gasteiger partial charge in [-0.2, -0.15) is 0 Å². The predicted octanol–water partition coefficient (Wildman–Crippen LogP) is 3.41. The lowest BCUT2D eigenvalue weighted by Gasteiger charge is -2.15. The normalized spacial score (nSPS) is 16.0. The smallest absolute Gasteiger partial charge is 0.220 e. The van der Waals surface area contributed by atoms with Gasteiger partial charge in [-0.05, 0) is 36.7 Å². The van der Waals surface area contributed by atoms with E-state index in [9.17, 15) is 4.79 Å². The molecule has 1 aromatic carbocycles. The Balaban J connectivity index is 1.61. The van der Waals surface area contributed by atoms with Crippen molar-refractivity contribution in [2.24, 2.45) is 5.41 Å². The molecule has 21 heavy (non-hydrogen) atoms. The Labute approximate surface area is 127 Å². The van der Waals surface area contributed by atoms with E-state index >= 15 is 0 Å². The summed E-state index contributed by atoms with van der Waals surface area (Å²) in [5.74, 6) is 0.149. The van der Waals surface area contributed by atoms with Gasteiger partial charge in [-0.15, -0.1) is 0 Å². The van der Waals surface area contributed by atoms with Crippen LogP contribution in [0.1, 0.15) is 37.7 Å². The summed E-state index contributed by atoms with van der Waals surface area (Å²) in [4.78, 5) is 11.8. The van der Waals surface area contributed by atoms with E-state index in [4.69, 9.17) is 4.74 Å². The molecule has 114 valence electrons. The molecule has 2 rings (SSSR count). The minimum atomic E-state index is 0.149. The molecule has 0 aromatic heterocycles. The van der Waals surface area contributed by atoms with Crippen molar-refractivity contribution in [3.63, 3.8) is 0 Å². The molecule has 1 saturated carbocycles. The predicted molar refractivity (Wildman–Crippen MR) is 85.9 cm³/mol. The van der Waals surface area contributed by atoms with Gasteiger partial charge in [0.1, 0.15) is 0 Å². The van der Waals surface area contributed by atoms with Crippen LogP contribution in [0.3, 0.4) is 0 Å². The Morgan fingerprint density at radius 3 is 2.76 bits per heavy atom. The molecule has 1 amide bonds. The third-order valence-electron chi connectivity index (χ3n) is 4.10. The number of benzene rings is 1. The number of rotatable bonds is 9. The van der Waals surface area contributed by atoms with Crippen LogP contribution in [0.25, 0.3) is 6.08 Å². The van der Waals surface area contributed by atoms with Gasteiger partial charge in [-0.1, -0.05) is 42.5 Å². The third-order valence-corrected chi connectivity index (χ3v) is 4.10. The standard InChI is InChI=1S/C18H25NO2/c1-21-14-13-18(11-12-18)15-19-17(20)10-6-5-9-16-7-3-2-4-8-16/h2-5,7-9H,6,10-15H2,1H3,(H,19,20)/b9-5+. The lowest BCUT2D eigenvalue weighted by Crippen LogP contribution is -2.30. The summed E-state index contributed by atoms with van der Waals surface area (Å²) in [5.41, 5.74) is 1.50. The maximum absolute atomic E-state index is 11.8. The number of methoxy groups -OCH3 is 1. The highest BCUT2D eigenvalue weighted by molar-refractivity contribution is 5.76. The van der Waals surface area contributed by atoms with Gasteiger partial charge in [0.05, 0.1) is 0 Å². The fourth-order valence-electron chi connectivity index (χ4n) is 2.38. The van der Waals surface area contributed by atoms with Gasteiger partial charge in [0, 0.05) is 26.7 Å². The highest BCUT2D eigenvalue weighted by atomic mass is 16.5. The topological polar surface area (TPSA) is 38.3 Å². The number of allylic oxidation sites excluding steroid dienone is 1. The molecule has 0 unspecified atom stereocenters. The lowest BCUT2D eigenvalue weighted by atomic mass is 10.0. The van der Waals surface area contributed by atoms with Crippen LogP contribution in [-0.4, -0.2) is 26.2 Å². The van der Waals surface area contributed by atoms with Crippen molar-refractivity contribution in [2.45, 2.75) is 32.1 Å². The van der Waals surface area contributed by atoms with Crippen LogP contribution >= 0.6 is 0 Å². The maximum Gasteiger partial charge on any atom is 0.220 e. The van der Waals surface area contributed by atoms with Crippen LogP contribution in [0.2, 0.25) is 0 Å². The van der Waals surface area contributed by atoms with Crippen molar-refractivity contribution in [1.82, 2.24) is 5.32 Å². The van der Waals surface area contributed by atoms with E-state index in [0.717, 1.165) is 26.0 Å². The molecule has 3 heteroatoms. The minimum absolute atomic E-state index is 0.149. The van der Waals surface area contributed by atoms with Crippen LogP contribution < -0.4 is 5.32 Å². The summed E-state index contributed by atoms with van der Waals surface area (Å²) in [5, 5.41) is 3.06. The minimum Gasteiger partial charge on any atom is -0.385 e. The molecule has 0 spiro atoms. The molecule has 1 aliphatic carbocycles. The van der Waals surface area contributed by atoms with E-state index in [-0.39, 0.29) is 5.91 Å². The number of hydrogen-bond acceptors (Lipinski definition) is 2. The molecule has 1 fully saturated rings. The maximum atomic E-state index is 11.8. The third kappa shape index (κ3) is 5.72. The fraction of sp³-hybridized carbons (Fsp3) is 0.500. The van der Waals surface area contributed by atoms with Crippen LogP contribution in [0.5, 0.6) is 0 Å². The molecule has 3 nitrogen and oxygen atoms in total. The largest absolute Gasteiger partial charge is 0.385 e. The molecular weight excluding hydrogens is 262 g/mol. The van der Waals surface area contributed by atoms with Crippen molar-refractivity contribution >= 4 is 12.0 Å². The lowest BCUT2D eigenvalue weighted by molar-refractivity contribution is -0.121. The number of carbonyl (C=O) groups is 1. The molecule has 1 aromatic rings. The summed E-state index contributed by atoms with van der Waals surface area (Å²) in [7, 11) is 1.73. The molecule has 0 aliphatic heterocycles. The van der Waals surface area contributed by atoms with E-state index in [1.54, 1.807) is 7.11 Å². The van der Waals surface area contributed by atoms with Crippen molar-refractivity contribution in [3.8, 4) is 0 Å². The van der Waals surface area contributed by atoms with Crippen LogP contribution in [-0.2, 0) is 9.53 Å². The van der Waals surface area contributed by atoms with E-state index in [1.165, 1.54) is 18.4 Å². The first-order valence-corrected chi connectivity index (χ1v) is 7.71. The van der Waals surface area contributed by atoms with Gasteiger partial charge in [0.15, 0.2) is 0 Å². The number of ether oxygens (including phenoxy) is 1. The number of nitrogens with one attached hydrogen (secondary N) is 1. The van der Waals surface area contributed by atoms with E-state index in [0.29, 0.717) is 11.8 Å². The first kappa shape index (κ1) is 15.8. The zero-order valence-corrected chi connectivity index (χ0v) is 12.8. The Hall–Kier alpha value is -1.61. The Morgan fingerprint density at radius 1 is 1.33 bits per heavy atom. The average molecular weight is 287 g/mol. The number of amides is 1. The summed E-state index contributed by atoms with van der Waals surface area (Å²) in [6.07, 6.45) is 8.95. The molecule has 0 saturated heterocycles. The van der Waals surface area contributed by atoms with Crippen LogP contribution in [0.4, 0.5) is 0 Å². The zero-order valence-electron chi connectivity index (χ0n) is 12.8. The van der Waals surface area contributed by atoms with Gasteiger partial charge >= 0.3 is 0 Å². The molecule has 0 bridgehead atoms. The van der Waals surface area contributed by atoms with Gasteiger partial charge in [0.25, 0.3) is 0 Å². The van der Waals surface area contributed by atoms with Crippen LogP contribution in [0, 0.1) is 5.41 Å². The molecular formula is C18H25NO2. The number of carbonyl (C=O) groups excluding carboxylic acids is 1. The molecule has 0 atom stereocenters. The summed E-state index contributed by atoms with van der Waals surface area (Å²) >= 11 is 0. The highest BCUT2D eigenvalue weighted by Gasteiger charge is 2.41. The van der Waals surface area contributed by atoms with Gasteiger partial charge in [0.2, 0.25) is 5.91 Å². The second-order valence-electron chi connectivity index (χ2n) is 5.87. The summed E-state index contributed by atoms with van der Waals surface area (Å²) < 4.78 is 5.12. The quantitative estimate of drug-likeness (QED) is 0.756.